The Morgan fingerprint density at radius 2 is 1.65 bits per heavy atom. The molecule has 0 aliphatic heterocycles. The van der Waals surface area contributed by atoms with Crippen LogP contribution in [0.5, 0.6) is 5.75 Å². The number of fused-ring (bicyclic) bond motifs is 1. The predicted octanol–water partition coefficient (Wildman–Crippen LogP) is 5.64. The van der Waals surface area contributed by atoms with Gasteiger partial charge in [0, 0.05) is 10.0 Å². The minimum atomic E-state index is -3.78. The highest BCUT2D eigenvalue weighted by atomic mass is 35.5. The SMILES string of the molecule is CS(=O)(=O)N(CC(=O)N/N=C\c1ccc(OCc2cccc3ccccc23)cc1)c1cc(Cl)cc(Cl)c1. The maximum absolute atomic E-state index is 12.4. The minimum Gasteiger partial charge on any atom is -0.489 e. The lowest BCUT2D eigenvalue weighted by molar-refractivity contribution is -0.119. The molecule has 10 heteroatoms. The average molecular weight is 556 g/mol. The van der Waals surface area contributed by atoms with Crippen molar-refractivity contribution in [1.29, 1.82) is 0 Å². The molecule has 4 aromatic rings. The van der Waals surface area contributed by atoms with Crippen molar-refractivity contribution in [2.45, 2.75) is 6.61 Å². The molecule has 0 aliphatic carbocycles. The van der Waals surface area contributed by atoms with Gasteiger partial charge in [-0.05, 0) is 64.4 Å². The molecule has 0 spiro atoms. The number of anilines is 1. The van der Waals surface area contributed by atoms with E-state index in [1.165, 1.54) is 24.4 Å². The van der Waals surface area contributed by atoms with Crippen molar-refractivity contribution in [2.24, 2.45) is 5.10 Å². The normalized spacial score (nSPS) is 11.5. The van der Waals surface area contributed by atoms with Crippen LogP contribution in [0.1, 0.15) is 11.1 Å². The first-order valence-corrected chi connectivity index (χ1v) is 13.7. The van der Waals surface area contributed by atoms with Gasteiger partial charge in [-0.2, -0.15) is 5.10 Å². The van der Waals surface area contributed by atoms with Gasteiger partial charge < -0.3 is 4.74 Å². The van der Waals surface area contributed by atoms with Crippen molar-refractivity contribution in [2.75, 3.05) is 17.1 Å². The molecular weight excluding hydrogens is 533 g/mol. The van der Waals surface area contributed by atoms with Crippen LogP contribution in [-0.2, 0) is 21.4 Å². The van der Waals surface area contributed by atoms with Crippen LogP contribution >= 0.6 is 23.2 Å². The Morgan fingerprint density at radius 3 is 2.35 bits per heavy atom. The van der Waals surface area contributed by atoms with Gasteiger partial charge in [0.2, 0.25) is 10.0 Å². The van der Waals surface area contributed by atoms with E-state index < -0.39 is 22.5 Å². The third kappa shape index (κ3) is 7.22. The van der Waals surface area contributed by atoms with E-state index in [0.29, 0.717) is 12.4 Å². The van der Waals surface area contributed by atoms with Gasteiger partial charge in [-0.25, -0.2) is 13.8 Å². The standard InChI is InChI=1S/C27H23Cl2N3O4S/c1-37(34,35)32(24-14-22(28)13-23(29)15-24)17-27(33)31-30-16-19-9-11-25(12-10-19)36-18-21-7-4-6-20-5-2-3-8-26(20)21/h2-16H,17-18H2,1H3,(H,31,33)/b30-16-. The molecule has 190 valence electrons. The molecule has 4 rings (SSSR count). The first kappa shape index (κ1) is 26.5. The molecule has 37 heavy (non-hydrogen) atoms. The Bertz CT molecular complexity index is 1530. The number of nitrogens with one attached hydrogen (secondary N) is 1. The average Bonchev–Trinajstić information content (AvgIpc) is 2.85. The molecule has 0 heterocycles. The number of hydrogen-bond donors (Lipinski definition) is 1. The Labute approximate surface area is 225 Å². The highest BCUT2D eigenvalue weighted by molar-refractivity contribution is 7.92. The van der Waals surface area contributed by atoms with Crippen LogP contribution in [0.4, 0.5) is 5.69 Å². The Kier molecular flexibility index (Phi) is 8.33. The van der Waals surface area contributed by atoms with Crippen LogP contribution in [0, 0.1) is 0 Å². The number of carbonyl (C=O) groups is 1. The molecule has 0 fully saturated rings. The van der Waals surface area contributed by atoms with Crippen LogP contribution in [0.15, 0.2) is 90.0 Å². The summed E-state index contributed by atoms with van der Waals surface area (Å²) >= 11 is 12.0. The van der Waals surface area contributed by atoms with E-state index in [0.717, 1.165) is 32.5 Å². The maximum Gasteiger partial charge on any atom is 0.260 e. The largest absolute Gasteiger partial charge is 0.489 e. The zero-order chi connectivity index (χ0) is 26.4. The van der Waals surface area contributed by atoms with Gasteiger partial charge in [0.05, 0.1) is 18.2 Å². The number of sulfonamides is 1. The summed E-state index contributed by atoms with van der Waals surface area (Å²) in [5.74, 6) is 0.0610. The number of hydrazone groups is 1. The number of benzene rings is 4. The van der Waals surface area contributed by atoms with Crippen LogP contribution in [-0.4, -0.2) is 33.3 Å². The van der Waals surface area contributed by atoms with E-state index in [1.807, 2.05) is 36.4 Å². The zero-order valence-corrected chi connectivity index (χ0v) is 22.1. The van der Waals surface area contributed by atoms with Gasteiger partial charge in [0.25, 0.3) is 5.91 Å². The lowest BCUT2D eigenvalue weighted by Crippen LogP contribution is -2.39. The lowest BCUT2D eigenvalue weighted by Gasteiger charge is -2.21. The molecule has 0 aliphatic rings. The van der Waals surface area contributed by atoms with Crippen molar-refractivity contribution in [3.8, 4) is 5.75 Å². The number of carbonyl (C=O) groups excluding carboxylic acids is 1. The van der Waals surface area contributed by atoms with Crippen LogP contribution in [0.25, 0.3) is 10.8 Å². The van der Waals surface area contributed by atoms with E-state index in [9.17, 15) is 13.2 Å². The van der Waals surface area contributed by atoms with E-state index in [2.05, 4.69) is 28.7 Å². The Hall–Kier alpha value is -3.59. The Morgan fingerprint density at radius 1 is 0.973 bits per heavy atom. The quantitative estimate of drug-likeness (QED) is 0.214. The summed E-state index contributed by atoms with van der Waals surface area (Å²) in [6.45, 7) is -0.0622. The summed E-state index contributed by atoms with van der Waals surface area (Å²) in [5, 5.41) is 6.73. The second-order valence-electron chi connectivity index (χ2n) is 8.19. The van der Waals surface area contributed by atoms with Gasteiger partial charge in [0.1, 0.15) is 18.9 Å². The van der Waals surface area contributed by atoms with Gasteiger partial charge in [-0.3, -0.25) is 9.10 Å². The highest BCUT2D eigenvalue weighted by Gasteiger charge is 2.21. The molecule has 1 N–H and O–H groups in total. The topological polar surface area (TPSA) is 88.1 Å². The number of rotatable bonds is 9. The molecule has 0 bridgehead atoms. The number of nitrogens with zero attached hydrogens (tertiary/aromatic N) is 2. The minimum absolute atomic E-state index is 0.179. The number of halogens is 2. The van der Waals surface area contributed by atoms with Crippen molar-refractivity contribution in [3.63, 3.8) is 0 Å². The second-order valence-corrected chi connectivity index (χ2v) is 11.0. The van der Waals surface area contributed by atoms with Crippen LogP contribution in [0.2, 0.25) is 10.0 Å². The summed E-state index contributed by atoms with van der Waals surface area (Å²) in [4.78, 5) is 12.4. The first-order chi connectivity index (χ1) is 17.7. The Balaban J connectivity index is 1.34. The third-order valence-corrected chi connectivity index (χ3v) is 6.96. The lowest BCUT2D eigenvalue weighted by atomic mass is 10.1. The third-order valence-electron chi connectivity index (χ3n) is 5.38. The fourth-order valence-corrected chi connectivity index (χ4v) is 5.01. The fraction of sp³-hybridized carbons (Fsp3) is 0.111. The van der Waals surface area contributed by atoms with Gasteiger partial charge in [-0.1, -0.05) is 65.7 Å². The summed E-state index contributed by atoms with van der Waals surface area (Å²) in [7, 11) is -3.78. The van der Waals surface area contributed by atoms with Crippen molar-refractivity contribution >= 4 is 61.8 Å². The predicted molar refractivity (Wildman–Crippen MR) is 149 cm³/mol. The molecule has 0 radical (unpaired) electrons. The van der Waals surface area contributed by atoms with Crippen LogP contribution in [0.3, 0.4) is 0 Å². The highest BCUT2D eigenvalue weighted by Crippen LogP contribution is 2.27. The van der Waals surface area contributed by atoms with E-state index in [4.69, 9.17) is 27.9 Å². The zero-order valence-electron chi connectivity index (χ0n) is 19.8. The van der Waals surface area contributed by atoms with Gasteiger partial charge in [-0.15, -0.1) is 0 Å². The summed E-state index contributed by atoms with van der Waals surface area (Å²) in [5.41, 5.74) is 4.33. The molecule has 0 saturated carbocycles. The summed E-state index contributed by atoms with van der Waals surface area (Å²) in [6, 6.07) is 25.8. The number of hydrogen-bond acceptors (Lipinski definition) is 5. The van der Waals surface area contributed by atoms with E-state index >= 15 is 0 Å². The first-order valence-electron chi connectivity index (χ1n) is 11.1. The van der Waals surface area contributed by atoms with E-state index in [-0.39, 0.29) is 15.7 Å². The molecule has 0 atom stereocenters. The van der Waals surface area contributed by atoms with Crippen molar-refractivity contribution in [3.05, 3.63) is 106 Å². The monoisotopic (exact) mass is 555 g/mol. The molecule has 7 nitrogen and oxygen atoms in total. The van der Waals surface area contributed by atoms with Crippen LogP contribution < -0.4 is 14.5 Å². The van der Waals surface area contributed by atoms with Crippen molar-refractivity contribution < 1.29 is 17.9 Å². The molecule has 4 aromatic carbocycles. The second kappa shape index (κ2) is 11.6. The fourth-order valence-electron chi connectivity index (χ4n) is 3.66. The molecule has 1 amide bonds. The summed E-state index contributed by atoms with van der Waals surface area (Å²) in [6.07, 6.45) is 2.44. The van der Waals surface area contributed by atoms with E-state index in [1.54, 1.807) is 12.1 Å². The molecular formula is C27H23Cl2N3O4S. The summed E-state index contributed by atoms with van der Waals surface area (Å²) < 4.78 is 31.3. The van der Waals surface area contributed by atoms with Gasteiger partial charge >= 0.3 is 0 Å². The molecule has 0 aromatic heterocycles. The number of ether oxygens (including phenoxy) is 1. The molecule has 0 unspecified atom stereocenters. The van der Waals surface area contributed by atoms with Crippen molar-refractivity contribution in [1.82, 2.24) is 5.43 Å². The smallest absolute Gasteiger partial charge is 0.260 e. The maximum atomic E-state index is 12.4. The molecule has 0 saturated heterocycles. The van der Waals surface area contributed by atoms with Gasteiger partial charge in [0.15, 0.2) is 0 Å². The number of amides is 1.